The van der Waals surface area contributed by atoms with Gasteiger partial charge in [0, 0.05) is 30.4 Å². The van der Waals surface area contributed by atoms with Gasteiger partial charge in [-0.15, -0.1) is 0 Å². The van der Waals surface area contributed by atoms with E-state index in [1.165, 1.54) is 0 Å². The van der Waals surface area contributed by atoms with Crippen molar-refractivity contribution in [3.8, 4) is 11.5 Å². The topological polar surface area (TPSA) is 67.9 Å². The van der Waals surface area contributed by atoms with E-state index in [2.05, 4.69) is 5.32 Å². The molecule has 25 heavy (non-hydrogen) atoms. The highest BCUT2D eigenvalue weighted by atomic mass is 16.7. The Morgan fingerprint density at radius 1 is 1.12 bits per heavy atom. The van der Waals surface area contributed by atoms with Crippen molar-refractivity contribution in [3.63, 3.8) is 0 Å². The summed E-state index contributed by atoms with van der Waals surface area (Å²) < 4.78 is 10.6. The summed E-state index contributed by atoms with van der Waals surface area (Å²) in [6.45, 7) is 2.54. The maximum Gasteiger partial charge on any atom is 0.231 e. The molecule has 0 aliphatic carbocycles. The van der Waals surface area contributed by atoms with E-state index in [0.717, 1.165) is 16.9 Å². The van der Waals surface area contributed by atoms with Gasteiger partial charge in [-0.25, -0.2) is 0 Å². The Morgan fingerprint density at radius 2 is 1.88 bits per heavy atom. The number of hydrogen-bond donors (Lipinski definition) is 1. The molecule has 2 aromatic carbocycles. The van der Waals surface area contributed by atoms with Crippen molar-refractivity contribution < 1.29 is 19.1 Å². The fourth-order valence-corrected chi connectivity index (χ4v) is 3.07. The van der Waals surface area contributed by atoms with Crippen LogP contribution < -0.4 is 19.7 Å². The molecule has 2 heterocycles. The largest absolute Gasteiger partial charge is 0.454 e. The second-order valence-corrected chi connectivity index (χ2v) is 6.30. The third-order valence-electron chi connectivity index (χ3n) is 4.48. The van der Waals surface area contributed by atoms with E-state index >= 15 is 0 Å². The molecule has 1 unspecified atom stereocenters. The first-order valence-electron chi connectivity index (χ1n) is 8.18. The highest BCUT2D eigenvalue weighted by Gasteiger charge is 2.35. The lowest BCUT2D eigenvalue weighted by molar-refractivity contribution is -0.122. The van der Waals surface area contributed by atoms with Gasteiger partial charge in [-0.3, -0.25) is 9.59 Å². The standard InChI is InChI=1S/C19H18N2O4/c1-12-2-4-14(5-3-12)20-19(23)13-8-18(22)21(10-13)15-6-7-16-17(9-15)25-11-24-16/h2-7,9,13H,8,10-11H2,1H3,(H,20,23). The molecule has 2 aliphatic heterocycles. The lowest BCUT2D eigenvalue weighted by Gasteiger charge is -2.17. The normalized spacial score (nSPS) is 18.5. The minimum absolute atomic E-state index is 0.0667. The van der Waals surface area contributed by atoms with Crippen LogP contribution >= 0.6 is 0 Å². The van der Waals surface area contributed by atoms with E-state index in [1.54, 1.807) is 17.0 Å². The van der Waals surface area contributed by atoms with Gasteiger partial charge in [0.05, 0.1) is 5.92 Å². The Bertz CT molecular complexity index is 832. The molecule has 4 rings (SSSR count). The Hall–Kier alpha value is -3.02. The van der Waals surface area contributed by atoms with Gasteiger partial charge in [-0.05, 0) is 31.2 Å². The number of rotatable bonds is 3. The summed E-state index contributed by atoms with van der Waals surface area (Å²) in [6, 6.07) is 13.0. The fraction of sp³-hybridized carbons (Fsp3) is 0.263. The summed E-state index contributed by atoms with van der Waals surface area (Å²) in [5, 5.41) is 2.88. The van der Waals surface area contributed by atoms with Gasteiger partial charge in [0.2, 0.25) is 18.6 Å². The van der Waals surface area contributed by atoms with Crippen LogP contribution in [0.3, 0.4) is 0 Å². The van der Waals surface area contributed by atoms with E-state index in [1.807, 2.05) is 37.3 Å². The smallest absolute Gasteiger partial charge is 0.231 e. The van der Waals surface area contributed by atoms with Gasteiger partial charge in [0.1, 0.15) is 0 Å². The molecule has 1 saturated heterocycles. The van der Waals surface area contributed by atoms with Gasteiger partial charge < -0.3 is 19.7 Å². The fourth-order valence-electron chi connectivity index (χ4n) is 3.07. The highest BCUT2D eigenvalue weighted by molar-refractivity contribution is 6.03. The molecule has 6 nitrogen and oxygen atoms in total. The Labute approximate surface area is 145 Å². The minimum atomic E-state index is -0.376. The maximum atomic E-state index is 12.5. The number of nitrogens with one attached hydrogen (secondary N) is 1. The molecule has 2 amide bonds. The number of anilines is 2. The average Bonchev–Trinajstić information content (AvgIpc) is 3.22. The average molecular weight is 338 g/mol. The molecule has 6 heteroatoms. The van der Waals surface area contributed by atoms with Crippen LogP contribution in [0.15, 0.2) is 42.5 Å². The van der Waals surface area contributed by atoms with Crippen molar-refractivity contribution in [3.05, 3.63) is 48.0 Å². The Kier molecular flexibility index (Phi) is 3.80. The van der Waals surface area contributed by atoms with E-state index < -0.39 is 0 Å². The Balaban J connectivity index is 1.46. The number of hydrogen-bond acceptors (Lipinski definition) is 4. The minimum Gasteiger partial charge on any atom is -0.454 e. The predicted molar refractivity (Wildman–Crippen MR) is 92.8 cm³/mol. The maximum absolute atomic E-state index is 12.5. The van der Waals surface area contributed by atoms with Crippen molar-refractivity contribution >= 4 is 23.2 Å². The van der Waals surface area contributed by atoms with E-state index in [-0.39, 0.29) is 30.9 Å². The molecule has 0 spiro atoms. The molecule has 0 radical (unpaired) electrons. The van der Waals surface area contributed by atoms with Crippen LogP contribution in [0.1, 0.15) is 12.0 Å². The summed E-state index contributed by atoms with van der Waals surface area (Å²) in [6.07, 6.45) is 0.201. The molecule has 0 saturated carbocycles. The third-order valence-corrected chi connectivity index (χ3v) is 4.48. The van der Waals surface area contributed by atoms with E-state index in [0.29, 0.717) is 18.0 Å². The number of carbonyl (C=O) groups is 2. The first-order valence-corrected chi connectivity index (χ1v) is 8.18. The lowest BCUT2D eigenvalue weighted by atomic mass is 10.1. The molecular formula is C19H18N2O4. The van der Waals surface area contributed by atoms with Crippen LogP contribution in [-0.2, 0) is 9.59 Å². The summed E-state index contributed by atoms with van der Waals surface area (Å²) in [4.78, 5) is 26.5. The van der Waals surface area contributed by atoms with Crippen LogP contribution in [-0.4, -0.2) is 25.2 Å². The van der Waals surface area contributed by atoms with Crippen molar-refractivity contribution in [2.75, 3.05) is 23.6 Å². The number of benzene rings is 2. The molecular weight excluding hydrogens is 320 g/mol. The first kappa shape index (κ1) is 15.5. The number of nitrogens with zero attached hydrogens (tertiary/aromatic N) is 1. The SMILES string of the molecule is Cc1ccc(NC(=O)C2CC(=O)N(c3ccc4c(c3)OCO4)C2)cc1. The molecule has 1 atom stereocenters. The van der Waals surface area contributed by atoms with Crippen molar-refractivity contribution in [1.29, 1.82) is 0 Å². The number of aryl methyl sites for hydroxylation is 1. The zero-order valence-corrected chi connectivity index (χ0v) is 13.8. The molecule has 1 N–H and O–H groups in total. The zero-order chi connectivity index (χ0) is 17.4. The van der Waals surface area contributed by atoms with Gasteiger partial charge >= 0.3 is 0 Å². The van der Waals surface area contributed by atoms with Crippen molar-refractivity contribution in [2.24, 2.45) is 5.92 Å². The second-order valence-electron chi connectivity index (χ2n) is 6.30. The van der Waals surface area contributed by atoms with Crippen LogP contribution in [0.4, 0.5) is 11.4 Å². The molecule has 2 aliphatic rings. The number of carbonyl (C=O) groups excluding carboxylic acids is 2. The second kappa shape index (κ2) is 6.12. The van der Waals surface area contributed by atoms with Crippen molar-refractivity contribution in [1.82, 2.24) is 0 Å². The molecule has 0 aromatic heterocycles. The summed E-state index contributed by atoms with van der Waals surface area (Å²) in [7, 11) is 0. The quantitative estimate of drug-likeness (QED) is 0.934. The van der Waals surface area contributed by atoms with Crippen LogP contribution in [0.2, 0.25) is 0 Å². The number of amides is 2. The van der Waals surface area contributed by atoms with Crippen LogP contribution in [0, 0.1) is 12.8 Å². The number of fused-ring (bicyclic) bond motifs is 1. The molecule has 1 fully saturated rings. The summed E-state index contributed by atoms with van der Waals surface area (Å²) in [5.74, 6) is 0.713. The monoisotopic (exact) mass is 338 g/mol. The zero-order valence-electron chi connectivity index (χ0n) is 13.8. The molecule has 128 valence electrons. The third kappa shape index (κ3) is 3.03. The highest BCUT2D eigenvalue weighted by Crippen LogP contribution is 2.37. The lowest BCUT2D eigenvalue weighted by Crippen LogP contribution is -2.28. The first-order chi connectivity index (χ1) is 12.1. The van der Waals surface area contributed by atoms with Gasteiger partial charge in [-0.1, -0.05) is 17.7 Å². The molecule has 2 aromatic rings. The van der Waals surface area contributed by atoms with E-state index in [4.69, 9.17) is 9.47 Å². The Morgan fingerprint density at radius 3 is 2.68 bits per heavy atom. The summed E-state index contributed by atoms with van der Waals surface area (Å²) in [5.41, 5.74) is 2.59. The van der Waals surface area contributed by atoms with E-state index in [9.17, 15) is 9.59 Å². The van der Waals surface area contributed by atoms with Crippen molar-refractivity contribution in [2.45, 2.75) is 13.3 Å². The summed E-state index contributed by atoms with van der Waals surface area (Å²) >= 11 is 0. The van der Waals surface area contributed by atoms with Gasteiger partial charge in [0.15, 0.2) is 11.5 Å². The molecule has 0 bridgehead atoms. The number of ether oxygens (including phenoxy) is 2. The predicted octanol–water partition coefficient (Wildman–Crippen LogP) is 2.72. The van der Waals surface area contributed by atoms with Gasteiger partial charge in [0.25, 0.3) is 0 Å². The van der Waals surface area contributed by atoms with Gasteiger partial charge in [-0.2, -0.15) is 0 Å². The van der Waals surface area contributed by atoms with Crippen LogP contribution in [0.5, 0.6) is 11.5 Å². The van der Waals surface area contributed by atoms with Crippen LogP contribution in [0.25, 0.3) is 0 Å².